The minimum Gasteiger partial charge on any atom is -0.398 e. The van der Waals surface area contributed by atoms with Crippen LogP contribution in [-0.4, -0.2) is 15.9 Å². The molecule has 5 heteroatoms. The Morgan fingerprint density at radius 1 is 1.16 bits per heavy atom. The van der Waals surface area contributed by atoms with Gasteiger partial charge in [0, 0.05) is 23.1 Å². The summed E-state index contributed by atoms with van der Waals surface area (Å²) in [7, 11) is 0. The van der Waals surface area contributed by atoms with E-state index < -0.39 is 5.91 Å². The molecular formula is C14H12N4O. The average molecular weight is 252 g/mol. The molecule has 1 amide bonds. The second-order valence-electron chi connectivity index (χ2n) is 4.26. The summed E-state index contributed by atoms with van der Waals surface area (Å²) in [4.78, 5) is 19.0. The zero-order chi connectivity index (χ0) is 13.4. The van der Waals surface area contributed by atoms with Crippen molar-refractivity contribution in [3.05, 3.63) is 48.2 Å². The normalized spacial score (nSPS) is 10.7. The summed E-state index contributed by atoms with van der Waals surface area (Å²) in [5.41, 5.74) is 14.6. The van der Waals surface area contributed by atoms with Gasteiger partial charge in [0.15, 0.2) is 0 Å². The van der Waals surface area contributed by atoms with Gasteiger partial charge >= 0.3 is 0 Å². The average Bonchev–Trinajstić information content (AvgIpc) is 2.85. The number of hydrogen-bond acceptors (Lipinski definition) is 3. The molecule has 1 heterocycles. The van der Waals surface area contributed by atoms with E-state index in [0.717, 1.165) is 11.3 Å². The summed E-state index contributed by atoms with van der Waals surface area (Å²) in [6.07, 6.45) is 1.73. The zero-order valence-electron chi connectivity index (χ0n) is 10.1. The summed E-state index contributed by atoms with van der Waals surface area (Å²) in [5.74, 6) is 0.00528. The molecule has 0 bridgehead atoms. The third-order valence-corrected chi connectivity index (χ3v) is 3.03. The lowest BCUT2D eigenvalue weighted by Gasteiger charge is -2.11. The summed E-state index contributed by atoms with van der Waals surface area (Å²) in [6, 6.07) is 10.9. The predicted molar refractivity (Wildman–Crippen MR) is 73.6 cm³/mol. The van der Waals surface area contributed by atoms with Gasteiger partial charge in [0.05, 0.1) is 11.1 Å². The molecule has 0 radical (unpaired) electrons. The molecule has 3 rings (SSSR count). The minimum atomic E-state index is -0.528. The van der Waals surface area contributed by atoms with Crippen molar-refractivity contribution in [2.75, 3.05) is 5.73 Å². The number of nitrogens with one attached hydrogen (secondary N) is 1. The molecule has 1 aromatic carbocycles. The maximum Gasteiger partial charge on any atom is 0.249 e. The predicted octanol–water partition coefficient (Wildman–Crippen LogP) is 1.86. The van der Waals surface area contributed by atoms with Gasteiger partial charge in [-0.15, -0.1) is 0 Å². The van der Waals surface area contributed by atoms with Crippen LogP contribution in [0.1, 0.15) is 10.4 Å². The Labute approximate surface area is 109 Å². The number of hydrogen-bond donors (Lipinski definition) is 3. The number of benzene rings is 1. The van der Waals surface area contributed by atoms with Crippen molar-refractivity contribution in [2.24, 2.45) is 5.73 Å². The van der Waals surface area contributed by atoms with E-state index in [0.29, 0.717) is 22.6 Å². The molecule has 1 aromatic rings. The fraction of sp³-hybridized carbons (Fsp3) is 0. The van der Waals surface area contributed by atoms with Crippen LogP contribution >= 0.6 is 0 Å². The summed E-state index contributed by atoms with van der Waals surface area (Å²) >= 11 is 0. The van der Waals surface area contributed by atoms with E-state index in [1.54, 1.807) is 24.4 Å². The van der Waals surface area contributed by atoms with Crippen molar-refractivity contribution >= 4 is 11.6 Å². The number of anilines is 1. The third kappa shape index (κ3) is 1.81. The van der Waals surface area contributed by atoms with Crippen molar-refractivity contribution in [2.45, 2.75) is 0 Å². The Bertz CT molecular complexity index is 732. The number of H-pyrrole nitrogens is 1. The Balaban J connectivity index is 2.27. The van der Waals surface area contributed by atoms with Gasteiger partial charge in [0.25, 0.3) is 0 Å². The molecule has 0 saturated carbocycles. The van der Waals surface area contributed by atoms with Crippen LogP contribution in [0.5, 0.6) is 0 Å². The van der Waals surface area contributed by atoms with Gasteiger partial charge in [0.2, 0.25) is 5.91 Å². The fourth-order valence-corrected chi connectivity index (χ4v) is 2.12. The van der Waals surface area contributed by atoms with Crippen LogP contribution < -0.4 is 11.5 Å². The molecule has 2 aliphatic rings. The van der Waals surface area contributed by atoms with E-state index in [9.17, 15) is 4.79 Å². The van der Waals surface area contributed by atoms with Gasteiger partial charge in [-0.3, -0.25) is 4.79 Å². The highest BCUT2D eigenvalue weighted by Crippen LogP contribution is 2.29. The molecule has 1 aliphatic carbocycles. The van der Waals surface area contributed by atoms with E-state index in [-0.39, 0.29) is 0 Å². The first-order valence-corrected chi connectivity index (χ1v) is 5.79. The first-order chi connectivity index (χ1) is 9.16. The van der Waals surface area contributed by atoms with Crippen LogP contribution in [0.15, 0.2) is 42.6 Å². The van der Waals surface area contributed by atoms with Crippen molar-refractivity contribution in [1.82, 2.24) is 9.97 Å². The second-order valence-corrected chi connectivity index (χ2v) is 4.26. The largest absolute Gasteiger partial charge is 0.398 e. The summed E-state index contributed by atoms with van der Waals surface area (Å²) in [6.45, 7) is 0. The Morgan fingerprint density at radius 2 is 1.95 bits per heavy atom. The molecule has 5 nitrogen and oxygen atoms in total. The van der Waals surface area contributed by atoms with Crippen LogP contribution in [0, 0.1) is 0 Å². The number of carbonyl (C=O) groups excluding carboxylic acids is 1. The van der Waals surface area contributed by atoms with Crippen LogP contribution in [0.4, 0.5) is 5.69 Å². The first kappa shape index (κ1) is 11.3. The van der Waals surface area contributed by atoms with Crippen molar-refractivity contribution in [1.29, 1.82) is 0 Å². The molecule has 0 aromatic heterocycles. The number of nitrogen functional groups attached to an aromatic ring is 1. The molecule has 0 fully saturated rings. The molecule has 0 spiro atoms. The van der Waals surface area contributed by atoms with E-state index in [2.05, 4.69) is 9.97 Å². The Hall–Kier alpha value is -2.82. The van der Waals surface area contributed by atoms with E-state index in [1.165, 1.54) is 0 Å². The first-order valence-electron chi connectivity index (χ1n) is 5.79. The highest BCUT2D eigenvalue weighted by atomic mass is 16.1. The number of fused-ring (bicyclic) bond motifs is 1. The maximum absolute atomic E-state index is 11.5. The highest BCUT2D eigenvalue weighted by Gasteiger charge is 2.16. The number of aromatic amines is 1. The SMILES string of the molecule is NC(=O)c1cccc(N)c1-c1ncc2cccc-2[nH]1. The van der Waals surface area contributed by atoms with Gasteiger partial charge < -0.3 is 16.5 Å². The van der Waals surface area contributed by atoms with E-state index >= 15 is 0 Å². The molecule has 0 saturated heterocycles. The number of carbonyl (C=O) groups is 1. The van der Waals surface area contributed by atoms with Crippen LogP contribution in [0.2, 0.25) is 0 Å². The van der Waals surface area contributed by atoms with Gasteiger partial charge in [-0.2, -0.15) is 0 Å². The molecule has 0 unspecified atom stereocenters. The van der Waals surface area contributed by atoms with Crippen molar-refractivity contribution < 1.29 is 4.79 Å². The summed E-state index contributed by atoms with van der Waals surface area (Å²) in [5, 5.41) is 0. The smallest absolute Gasteiger partial charge is 0.249 e. The van der Waals surface area contributed by atoms with E-state index in [1.807, 2.05) is 18.2 Å². The fourth-order valence-electron chi connectivity index (χ4n) is 2.12. The number of primary amides is 1. The van der Waals surface area contributed by atoms with Crippen LogP contribution in [-0.2, 0) is 0 Å². The monoisotopic (exact) mass is 252 g/mol. The number of nitrogens with zero attached hydrogens (tertiary/aromatic N) is 1. The molecule has 1 aliphatic heterocycles. The molecular weight excluding hydrogens is 240 g/mol. The summed E-state index contributed by atoms with van der Waals surface area (Å²) < 4.78 is 0. The van der Waals surface area contributed by atoms with Crippen LogP contribution in [0.25, 0.3) is 22.6 Å². The van der Waals surface area contributed by atoms with Crippen molar-refractivity contribution in [3.63, 3.8) is 0 Å². The number of amides is 1. The molecule has 5 N–H and O–H groups in total. The van der Waals surface area contributed by atoms with Crippen molar-refractivity contribution in [3.8, 4) is 22.6 Å². The van der Waals surface area contributed by atoms with Gasteiger partial charge in [-0.1, -0.05) is 18.2 Å². The number of aromatic nitrogens is 2. The second kappa shape index (κ2) is 4.13. The quantitative estimate of drug-likeness (QED) is 0.607. The standard InChI is InChI=1S/C14H12N4O/c15-10-5-2-4-9(13(16)19)12(10)14-17-7-8-3-1-6-11(8)18-14/h1-7H,15H2,(H2,16,19)(H,17,18). The zero-order valence-corrected chi connectivity index (χ0v) is 10.1. The van der Waals surface area contributed by atoms with Gasteiger partial charge in [0.1, 0.15) is 5.82 Å². The molecule has 19 heavy (non-hydrogen) atoms. The maximum atomic E-state index is 11.5. The van der Waals surface area contributed by atoms with Gasteiger partial charge in [-0.05, 0) is 18.2 Å². The van der Waals surface area contributed by atoms with Crippen LogP contribution in [0.3, 0.4) is 0 Å². The lowest BCUT2D eigenvalue weighted by Crippen LogP contribution is -2.14. The number of rotatable bonds is 2. The Kier molecular flexibility index (Phi) is 2.45. The highest BCUT2D eigenvalue weighted by molar-refractivity contribution is 6.02. The number of nitrogens with two attached hydrogens (primary N) is 2. The molecule has 94 valence electrons. The Morgan fingerprint density at radius 3 is 2.74 bits per heavy atom. The van der Waals surface area contributed by atoms with E-state index in [4.69, 9.17) is 11.5 Å². The lowest BCUT2D eigenvalue weighted by atomic mass is 10.0. The molecule has 0 atom stereocenters. The topological polar surface area (TPSA) is 97.8 Å². The minimum absolute atomic E-state index is 0.356. The lowest BCUT2D eigenvalue weighted by molar-refractivity contribution is 0.100. The van der Waals surface area contributed by atoms with Gasteiger partial charge in [-0.25, -0.2) is 4.98 Å². The third-order valence-electron chi connectivity index (χ3n) is 3.03.